The van der Waals surface area contributed by atoms with Crippen LogP contribution in [0.2, 0.25) is 35.7 Å². The van der Waals surface area contributed by atoms with Gasteiger partial charge in [-0.2, -0.15) is 0 Å². The molecule has 2 aromatic rings. The number of carbonyl (C=O) groups is 1. The summed E-state index contributed by atoms with van der Waals surface area (Å²) in [5.74, 6) is -0.418. The van der Waals surface area contributed by atoms with E-state index in [9.17, 15) is 13.2 Å². The lowest BCUT2D eigenvalue weighted by atomic mass is 10.4. The Morgan fingerprint density at radius 1 is 1.19 bits per heavy atom. The summed E-state index contributed by atoms with van der Waals surface area (Å²) in [6.07, 6.45) is 1.35. The molecular formula is C21H30Cl2N4O6S2Si. The van der Waals surface area contributed by atoms with Gasteiger partial charge in [-0.05, 0) is 18.2 Å². The Labute approximate surface area is 227 Å². The highest BCUT2D eigenvalue weighted by Crippen LogP contribution is 2.35. The van der Waals surface area contributed by atoms with Gasteiger partial charge >= 0.3 is 0 Å². The standard InChI is InChI=1S/C21H30Cl2N4O6S2Si/c1-26(32-3)18(28)13-34-17-12-24-20(21(25-17)31-2)27(14-33-10-11-36(4,5)6)35(29,30)16-9-7-8-15(22)19(16)23/h7-9,12H,10-11,13-14H2,1-6H3. The normalized spacial score (nSPS) is 11.9. The van der Waals surface area contributed by atoms with Crippen molar-refractivity contribution in [3.63, 3.8) is 0 Å². The third kappa shape index (κ3) is 8.20. The molecule has 1 aromatic carbocycles. The average molecular weight is 598 g/mol. The number of rotatable bonds is 13. The number of hydrogen-bond donors (Lipinski definition) is 0. The van der Waals surface area contributed by atoms with Crippen molar-refractivity contribution in [3.8, 4) is 5.88 Å². The lowest BCUT2D eigenvalue weighted by Crippen LogP contribution is -2.35. The molecule has 1 aromatic heterocycles. The van der Waals surface area contributed by atoms with Gasteiger partial charge < -0.3 is 9.47 Å². The number of carbonyl (C=O) groups excluding carboxylic acids is 1. The minimum absolute atomic E-state index is 0.0292. The highest BCUT2D eigenvalue weighted by molar-refractivity contribution is 7.99. The largest absolute Gasteiger partial charge is 0.478 e. The third-order valence-corrected chi connectivity index (χ3v) is 10.1. The molecule has 0 bridgehead atoms. The number of halogens is 2. The minimum atomic E-state index is -4.27. The van der Waals surface area contributed by atoms with E-state index in [0.717, 1.165) is 27.2 Å². The molecule has 0 spiro atoms. The maximum absolute atomic E-state index is 13.7. The number of amides is 1. The van der Waals surface area contributed by atoms with Crippen molar-refractivity contribution < 1.29 is 27.5 Å². The Morgan fingerprint density at radius 3 is 2.50 bits per heavy atom. The van der Waals surface area contributed by atoms with Crippen molar-refractivity contribution in [1.29, 1.82) is 0 Å². The topological polar surface area (TPSA) is 111 Å². The molecule has 2 rings (SSSR count). The highest BCUT2D eigenvalue weighted by Gasteiger charge is 2.32. The molecule has 0 saturated carbocycles. The summed E-state index contributed by atoms with van der Waals surface area (Å²) >= 11 is 13.4. The Kier molecular flexibility index (Phi) is 11.3. The molecule has 1 amide bonds. The lowest BCUT2D eigenvalue weighted by molar-refractivity contribution is -0.165. The van der Waals surface area contributed by atoms with Gasteiger partial charge in [0, 0.05) is 21.7 Å². The fourth-order valence-corrected chi connectivity index (χ4v) is 6.15. The quantitative estimate of drug-likeness (QED) is 0.109. The molecule has 0 unspecified atom stereocenters. The zero-order valence-electron chi connectivity index (χ0n) is 20.9. The molecular weight excluding hydrogens is 567 g/mol. The maximum atomic E-state index is 13.7. The zero-order valence-corrected chi connectivity index (χ0v) is 25.1. The minimum Gasteiger partial charge on any atom is -0.478 e. The average Bonchev–Trinajstić information content (AvgIpc) is 2.82. The number of aromatic nitrogens is 2. The number of thioether (sulfide) groups is 1. The van der Waals surface area contributed by atoms with Crippen molar-refractivity contribution in [2.45, 2.75) is 35.6 Å². The first-order valence-electron chi connectivity index (χ1n) is 10.7. The molecule has 0 fully saturated rings. The molecule has 0 aliphatic carbocycles. The van der Waals surface area contributed by atoms with Gasteiger partial charge in [-0.25, -0.2) is 27.8 Å². The first-order chi connectivity index (χ1) is 16.8. The van der Waals surface area contributed by atoms with Crippen LogP contribution in [0.3, 0.4) is 0 Å². The Balaban J connectivity index is 2.43. The van der Waals surface area contributed by atoms with E-state index in [4.69, 9.17) is 37.5 Å². The summed E-state index contributed by atoms with van der Waals surface area (Å²) in [5, 5.41) is 1.41. The van der Waals surface area contributed by atoms with Gasteiger partial charge in [-0.15, -0.1) is 0 Å². The van der Waals surface area contributed by atoms with Crippen molar-refractivity contribution in [2.24, 2.45) is 0 Å². The van der Waals surface area contributed by atoms with Gasteiger partial charge in [0.2, 0.25) is 5.82 Å². The number of ether oxygens (including phenoxy) is 2. The van der Waals surface area contributed by atoms with Gasteiger partial charge in [-0.1, -0.05) is 60.7 Å². The molecule has 0 saturated heterocycles. The van der Waals surface area contributed by atoms with E-state index < -0.39 is 18.1 Å². The van der Waals surface area contributed by atoms with Crippen LogP contribution in [0.5, 0.6) is 5.88 Å². The van der Waals surface area contributed by atoms with Crippen LogP contribution in [0.25, 0.3) is 0 Å². The van der Waals surface area contributed by atoms with Crippen LogP contribution >= 0.6 is 35.0 Å². The number of anilines is 1. The van der Waals surface area contributed by atoms with E-state index >= 15 is 0 Å². The molecule has 0 aliphatic heterocycles. The summed E-state index contributed by atoms with van der Waals surface area (Å²) < 4.78 is 39.5. The van der Waals surface area contributed by atoms with Crippen molar-refractivity contribution in [2.75, 3.05) is 44.7 Å². The Bertz CT molecular complexity index is 1170. The van der Waals surface area contributed by atoms with E-state index in [0.29, 0.717) is 11.6 Å². The van der Waals surface area contributed by atoms with Crippen LogP contribution in [0.1, 0.15) is 0 Å². The molecule has 0 atom stereocenters. The van der Waals surface area contributed by atoms with Gasteiger partial charge in [0.15, 0.2) is 0 Å². The van der Waals surface area contributed by atoms with Gasteiger partial charge in [-0.3, -0.25) is 9.63 Å². The van der Waals surface area contributed by atoms with Crippen LogP contribution < -0.4 is 9.04 Å². The fraction of sp³-hybridized carbons (Fsp3) is 0.476. The number of sulfonamides is 1. The summed E-state index contributed by atoms with van der Waals surface area (Å²) in [6.45, 7) is 6.60. The molecule has 36 heavy (non-hydrogen) atoms. The van der Waals surface area contributed by atoms with E-state index in [1.165, 1.54) is 45.7 Å². The molecule has 200 valence electrons. The van der Waals surface area contributed by atoms with Gasteiger partial charge in [0.1, 0.15) is 16.7 Å². The van der Waals surface area contributed by atoms with E-state index in [1.807, 2.05) is 0 Å². The van der Waals surface area contributed by atoms with Crippen molar-refractivity contribution in [1.82, 2.24) is 15.0 Å². The fourth-order valence-electron chi connectivity index (χ4n) is 2.63. The molecule has 0 N–H and O–H groups in total. The maximum Gasteiger partial charge on any atom is 0.269 e. The second kappa shape index (κ2) is 13.3. The second-order valence-electron chi connectivity index (χ2n) is 8.66. The molecule has 1 heterocycles. The van der Waals surface area contributed by atoms with Gasteiger partial charge in [0.25, 0.3) is 21.8 Å². The van der Waals surface area contributed by atoms with Crippen LogP contribution in [-0.4, -0.2) is 77.8 Å². The summed E-state index contributed by atoms with van der Waals surface area (Å²) in [7, 11) is -1.47. The lowest BCUT2D eigenvalue weighted by Gasteiger charge is -2.25. The molecule has 0 aliphatic rings. The van der Waals surface area contributed by atoms with E-state index in [2.05, 4.69) is 29.6 Å². The first kappa shape index (κ1) is 30.6. The van der Waals surface area contributed by atoms with Crippen molar-refractivity contribution in [3.05, 3.63) is 34.4 Å². The predicted octanol–water partition coefficient (Wildman–Crippen LogP) is 4.41. The van der Waals surface area contributed by atoms with Gasteiger partial charge in [0.05, 0.1) is 36.2 Å². The number of hydrogen-bond acceptors (Lipinski definition) is 9. The number of hydroxylamine groups is 2. The zero-order chi connectivity index (χ0) is 27.1. The van der Waals surface area contributed by atoms with Crippen LogP contribution in [0.15, 0.2) is 34.3 Å². The van der Waals surface area contributed by atoms with Crippen LogP contribution in [-0.2, 0) is 24.4 Å². The SMILES string of the molecule is COc1nc(SCC(=O)N(C)OC)cnc1N(COCC[Si](C)(C)C)S(=O)(=O)c1cccc(Cl)c1Cl. The van der Waals surface area contributed by atoms with Crippen LogP contribution in [0.4, 0.5) is 5.82 Å². The van der Waals surface area contributed by atoms with E-state index in [1.54, 1.807) is 0 Å². The molecule has 0 radical (unpaired) electrons. The van der Waals surface area contributed by atoms with Crippen LogP contribution in [0, 0.1) is 0 Å². The highest BCUT2D eigenvalue weighted by atomic mass is 35.5. The molecule has 10 nitrogen and oxygen atoms in total. The smallest absolute Gasteiger partial charge is 0.269 e. The predicted molar refractivity (Wildman–Crippen MR) is 144 cm³/mol. The van der Waals surface area contributed by atoms with Crippen molar-refractivity contribution >= 4 is 64.8 Å². The number of methoxy groups -OCH3 is 1. The second-order valence-corrected chi connectivity index (χ2v) is 17.9. The third-order valence-electron chi connectivity index (χ3n) is 4.79. The summed E-state index contributed by atoms with van der Waals surface area (Å²) in [4.78, 5) is 25.3. The first-order valence-corrected chi connectivity index (χ1v) is 17.6. The summed E-state index contributed by atoms with van der Waals surface area (Å²) in [6, 6.07) is 5.16. The number of nitrogens with zero attached hydrogens (tertiary/aromatic N) is 4. The molecule has 15 heteroatoms. The van der Waals surface area contributed by atoms with E-state index in [-0.39, 0.29) is 45.0 Å². The Hall–Kier alpha value is -1.61. The summed E-state index contributed by atoms with van der Waals surface area (Å²) in [5.41, 5.74) is 0. The Morgan fingerprint density at radius 2 is 1.89 bits per heavy atom. The number of benzene rings is 1. The monoisotopic (exact) mass is 596 g/mol.